The van der Waals surface area contributed by atoms with Crippen molar-refractivity contribution >= 4 is 65.2 Å². The molecular formula is C49H30N4. The predicted molar refractivity (Wildman–Crippen MR) is 220 cm³/mol. The molecule has 0 fully saturated rings. The summed E-state index contributed by atoms with van der Waals surface area (Å²) >= 11 is 0. The summed E-state index contributed by atoms with van der Waals surface area (Å²) in [6.07, 6.45) is 0. The van der Waals surface area contributed by atoms with Crippen LogP contribution in [0.2, 0.25) is 0 Å². The molecule has 0 saturated heterocycles. The molecule has 0 bridgehead atoms. The molecule has 0 spiro atoms. The van der Waals surface area contributed by atoms with Crippen LogP contribution in [0, 0.1) is 0 Å². The van der Waals surface area contributed by atoms with E-state index in [0.717, 1.165) is 61.0 Å². The summed E-state index contributed by atoms with van der Waals surface area (Å²) in [6, 6.07) is 64.3. The third-order valence-electron chi connectivity index (χ3n) is 10.5. The Kier molecular flexibility index (Phi) is 6.52. The number of para-hydroxylation sites is 4. The Morgan fingerprint density at radius 2 is 1.00 bits per heavy atom. The van der Waals surface area contributed by atoms with Gasteiger partial charge in [0.2, 0.25) is 0 Å². The van der Waals surface area contributed by atoms with Crippen molar-refractivity contribution in [2.24, 2.45) is 0 Å². The summed E-state index contributed by atoms with van der Waals surface area (Å²) in [4.78, 5) is 15.7. The van der Waals surface area contributed by atoms with Gasteiger partial charge in [-0.25, -0.2) is 15.0 Å². The van der Waals surface area contributed by atoms with E-state index >= 15 is 0 Å². The van der Waals surface area contributed by atoms with Gasteiger partial charge >= 0.3 is 0 Å². The quantitative estimate of drug-likeness (QED) is 0.175. The SMILES string of the molecule is c1ccc(-n2c3ccccc3c3c4c(ccc32)c(-c2cccc(-c3nc(-c5ccc6ccccc6c5)c5ccccc5n3)c2)nc2ccccc24)cc1. The number of hydrogen-bond donors (Lipinski definition) is 0. The zero-order chi connectivity index (χ0) is 34.9. The molecule has 8 aromatic carbocycles. The van der Waals surface area contributed by atoms with E-state index in [4.69, 9.17) is 15.0 Å². The molecule has 0 aliphatic carbocycles. The number of pyridine rings is 1. The standard InChI is InChI=1S/C49H30N4/c1-2-17-36(18-3-1)53-43-24-11-8-21-39(43)46-44(53)28-27-40-45(46)37-19-6-9-22-41(37)50-48(40)33-15-12-16-35(30-33)49-51-42-23-10-7-20-38(42)47(52-49)34-26-25-31-13-4-5-14-32(31)29-34/h1-30H. The molecule has 0 unspecified atom stereocenters. The average Bonchev–Trinajstić information content (AvgIpc) is 3.57. The maximum Gasteiger partial charge on any atom is 0.160 e. The molecule has 0 aliphatic rings. The van der Waals surface area contributed by atoms with Crippen LogP contribution in [0.1, 0.15) is 0 Å². The minimum Gasteiger partial charge on any atom is -0.309 e. The summed E-state index contributed by atoms with van der Waals surface area (Å²) in [5.74, 6) is 0.687. The highest BCUT2D eigenvalue weighted by Crippen LogP contribution is 2.43. The smallest absolute Gasteiger partial charge is 0.160 e. The fraction of sp³-hybridized carbons (Fsp3) is 0. The van der Waals surface area contributed by atoms with E-state index in [1.165, 1.54) is 38.0 Å². The molecule has 0 amide bonds. The Morgan fingerprint density at radius 3 is 1.87 bits per heavy atom. The lowest BCUT2D eigenvalue weighted by Crippen LogP contribution is -1.96. The van der Waals surface area contributed by atoms with Crippen molar-refractivity contribution in [1.29, 1.82) is 0 Å². The lowest BCUT2D eigenvalue weighted by atomic mass is 9.95. The number of rotatable bonds is 4. The van der Waals surface area contributed by atoms with E-state index in [-0.39, 0.29) is 0 Å². The zero-order valence-electron chi connectivity index (χ0n) is 28.6. The van der Waals surface area contributed by atoms with Crippen molar-refractivity contribution in [2.45, 2.75) is 0 Å². The fourth-order valence-corrected chi connectivity index (χ4v) is 8.14. The molecule has 4 nitrogen and oxygen atoms in total. The number of nitrogens with zero attached hydrogens (tertiary/aromatic N) is 4. The van der Waals surface area contributed by atoms with Gasteiger partial charge in [0, 0.05) is 54.7 Å². The van der Waals surface area contributed by atoms with Gasteiger partial charge in [-0.15, -0.1) is 0 Å². The Morgan fingerprint density at radius 1 is 0.340 bits per heavy atom. The van der Waals surface area contributed by atoms with E-state index in [1.54, 1.807) is 0 Å². The minimum atomic E-state index is 0.687. The second kappa shape index (κ2) is 11.7. The van der Waals surface area contributed by atoms with Gasteiger partial charge in [-0.05, 0) is 59.3 Å². The Hall–Kier alpha value is -7.17. The third kappa shape index (κ3) is 4.66. The molecule has 11 rings (SSSR count). The molecule has 0 atom stereocenters. The van der Waals surface area contributed by atoms with E-state index in [2.05, 4.69) is 180 Å². The number of fused-ring (bicyclic) bond motifs is 9. The molecule has 4 heteroatoms. The van der Waals surface area contributed by atoms with Gasteiger partial charge in [0.05, 0.1) is 33.5 Å². The maximum absolute atomic E-state index is 5.36. The summed E-state index contributed by atoms with van der Waals surface area (Å²) < 4.78 is 2.38. The second-order valence-corrected chi connectivity index (χ2v) is 13.6. The van der Waals surface area contributed by atoms with Crippen LogP contribution in [0.25, 0.3) is 105 Å². The van der Waals surface area contributed by atoms with Crippen molar-refractivity contribution in [3.8, 4) is 39.6 Å². The monoisotopic (exact) mass is 674 g/mol. The molecule has 0 radical (unpaired) electrons. The van der Waals surface area contributed by atoms with Crippen molar-refractivity contribution < 1.29 is 0 Å². The Labute approximate surface area is 305 Å². The maximum atomic E-state index is 5.36. The molecular weight excluding hydrogens is 645 g/mol. The highest BCUT2D eigenvalue weighted by molar-refractivity contribution is 6.29. The van der Waals surface area contributed by atoms with E-state index in [9.17, 15) is 0 Å². The molecule has 53 heavy (non-hydrogen) atoms. The molecule has 0 N–H and O–H groups in total. The second-order valence-electron chi connectivity index (χ2n) is 13.6. The van der Waals surface area contributed by atoms with E-state index in [1.807, 2.05) is 6.07 Å². The van der Waals surface area contributed by atoms with Crippen LogP contribution in [-0.2, 0) is 0 Å². The number of aromatic nitrogens is 4. The Balaban J connectivity index is 1.15. The van der Waals surface area contributed by atoms with Crippen LogP contribution in [-0.4, -0.2) is 19.5 Å². The first-order valence-electron chi connectivity index (χ1n) is 18.0. The summed E-state index contributed by atoms with van der Waals surface area (Å²) in [5.41, 5.74) is 10.3. The van der Waals surface area contributed by atoms with E-state index < -0.39 is 0 Å². The van der Waals surface area contributed by atoms with Gasteiger partial charge in [0.15, 0.2) is 5.82 Å². The van der Waals surface area contributed by atoms with Gasteiger partial charge in [0.25, 0.3) is 0 Å². The van der Waals surface area contributed by atoms with Gasteiger partial charge in [-0.3, -0.25) is 0 Å². The van der Waals surface area contributed by atoms with E-state index in [0.29, 0.717) is 5.82 Å². The van der Waals surface area contributed by atoms with Gasteiger partial charge < -0.3 is 4.57 Å². The normalized spacial score (nSPS) is 11.8. The first-order chi connectivity index (χ1) is 26.3. The van der Waals surface area contributed by atoms with Crippen LogP contribution >= 0.6 is 0 Å². The zero-order valence-corrected chi connectivity index (χ0v) is 28.6. The average molecular weight is 675 g/mol. The minimum absolute atomic E-state index is 0.687. The largest absolute Gasteiger partial charge is 0.309 e. The lowest BCUT2D eigenvalue weighted by Gasteiger charge is -2.14. The predicted octanol–water partition coefficient (Wildman–Crippen LogP) is 12.6. The molecule has 3 heterocycles. The molecule has 0 aliphatic heterocycles. The molecule has 246 valence electrons. The van der Waals surface area contributed by atoms with Crippen molar-refractivity contribution in [2.75, 3.05) is 0 Å². The number of benzene rings is 8. The highest BCUT2D eigenvalue weighted by atomic mass is 15.0. The highest BCUT2D eigenvalue weighted by Gasteiger charge is 2.20. The number of hydrogen-bond acceptors (Lipinski definition) is 3. The van der Waals surface area contributed by atoms with Crippen molar-refractivity contribution in [3.05, 3.63) is 182 Å². The lowest BCUT2D eigenvalue weighted by molar-refractivity contribution is 1.18. The summed E-state index contributed by atoms with van der Waals surface area (Å²) in [5, 5.41) is 9.34. The summed E-state index contributed by atoms with van der Waals surface area (Å²) in [7, 11) is 0. The van der Waals surface area contributed by atoms with Crippen LogP contribution in [0.15, 0.2) is 182 Å². The van der Waals surface area contributed by atoms with Gasteiger partial charge in [-0.1, -0.05) is 133 Å². The van der Waals surface area contributed by atoms with Crippen LogP contribution < -0.4 is 0 Å². The van der Waals surface area contributed by atoms with Crippen LogP contribution in [0.3, 0.4) is 0 Å². The Bertz CT molecular complexity index is 3230. The molecule has 11 aromatic rings. The van der Waals surface area contributed by atoms with Gasteiger partial charge in [0.1, 0.15) is 0 Å². The molecule has 0 saturated carbocycles. The van der Waals surface area contributed by atoms with Crippen LogP contribution in [0.4, 0.5) is 0 Å². The van der Waals surface area contributed by atoms with Crippen molar-refractivity contribution in [1.82, 2.24) is 19.5 Å². The fourth-order valence-electron chi connectivity index (χ4n) is 8.14. The first kappa shape index (κ1) is 29.5. The van der Waals surface area contributed by atoms with Gasteiger partial charge in [-0.2, -0.15) is 0 Å². The third-order valence-corrected chi connectivity index (χ3v) is 10.5. The van der Waals surface area contributed by atoms with Crippen molar-refractivity contribution in [3.63, 3.8) is 0 Å². The summed E-state index contributed by atoms with van der Waals surface area (Å²) in [6.45, 7) is 0. The molecule has 3 aromatic heterocycles. The topological polar surface area (TPSA) is 43.6 Å². The van der Waals surface area contributed by atoms with Crippen LogP contribution in [0.5, 0.6) is 0 Å². The first-order valence-corrected chi connectivity index (χ1v) is 18.0.